The summed E-state index contributed by atoms with van der Waals surface area (Å²) in [6.07, 6.45) is 0.127. The number of carbonyl (C=O) groups excluding carboxylic acids is 1. The van der Waals surface area contributed by atoms with Gasteiger partial charge in [-0.3, -0.25) is 9.80 Å². The van der Waals surface area contributed by atoms with E-state index in [1.54, 1.807) is 0 Å². The number of ether oxygens (including phenoxy) is 3. The Kier molecular flexibility index (Phi) is 4.47. The van der Waals surface area contributed by atoms with Gasteiger partial charge in [-0.25, -0.2) is 5.01 Å². The fourth-order valence-electron chi connectivity index (χ4n) is 5.93. The minimum Gasteiger partial charge on any atom is -0.370 e. The highest BCUT2D eigenvalue weighted by Crippen LogP contribution is 2.53. The molecule has 1 saturated carbocycles. The lowest BCUT2D eigenvalue weighted by molar-refractivity contribution is -0.179. The molecule has 6 heteroatoms. The van der Waals surface area contributed by atoms with E-state index < -0.39 is 5.79 Å². The first-order valence-electron chi connectivity index (χ1n) is 11.2. The fraction of sp³-hybridized carbons (Fsp3) is 0.480. The van der Waals surface area contributed by atoms with E-state index in [4.69, 9.17) is 14.2 Å². The highest BCUT2D eigenvalue weighted by molar-refractivity contribution is 5.79. The summed E-state index contributed by atoms with van der Waals surface area (Å²) in [5, 5.41) is 4.22. The summed E-state index contributed by atoms with van der Waals surface area (Å²) in [5.41, 5.74) is 2.31. The summed E-state index contributed by atoms with van der Waals surface area (Å²) in [7, 11) is 0. The van der Waals surface area contributed by atoms with Crippen molar-refractivity contribution in [1.82, 2.24) is 10.0 Å². The van der Waals surface area contributed by atoms with Gasteiger partial charge in [0, 0.05) is 18.9 Å². The minimum atomic E-state index is -0.659. The average molecular weight is 421 g/mol. The Bertz CT molecular complexity index is 966. The summed E-state index contributed by atoms with van der Waals surface area (Å²) < 4.78 is 19.2. The van der Waals surface area contributed by atoms with Crippen LogP contribution in [-0.2, 0) is 25.6 Å². The minimum absolute atomic E-state index is 0.0320. The summed E-state index contributed by atoms with van der Waals surface area (Å²) >= 11 is 0. The molecule has 0 N–H and O–H groups in total. The van der Waals surface area contributed by atoms with Gasteiger partial charge in [-0.2, -0.15) is 0 Å². The molecule has 0 radical (unpaired) electrons. The van der Waals surface area contributed by atoms with Gasteiger partial charge < -0.3 is 14.2 Å². The highest BCUT2D eigenvalue weighted by Gasteiger charge is 2.67. The third kappa shape index (κ3) is 3.12. The van der Waals surface area contributed by atoms with Crippen LogP contribution in [0.3, 0.4) is 0 Å². The first kappa shape index (κ1) is 19.4. The number of carbonyl (C=O) groups is 1. The second-order valence-electron chi connectivity index (χ2n) is 9.47. The van der Waals surface area contributed by atoms with Crippen LogP contribution < -0.4 is 0 Å². The topological polar surface area (TPSA) is 51.2 Å². The number of hydrazine groups is 1. The predicted octanol–water partition coefficient (Wildman–Crippen LogP) is 3.29. The molecule has 3 aliphatic heterocycles. The van der Waals surface area contributed by atoms with E-state index in [1.165, 1.54) is 5.56 Å². The molecule has 4 aliphatic rings. The zero-order valence-electron chi connectivity index (χ0n) is 17.9. The smallest absolute Gasteiger partial charge is 0.238 e. The van der Waals surface area contributed by atoms with Crippen LogP contribution in [0.5, 0.6) is 0 Å². The van der Waals surface area contributed by atoms with Crippen molar-refractivity contribution in [3.8, 4) is 0 Å². The van der Waals surface area contributed by atoms with E-state index in [0.29, 0.717) is 19.6 Å². The van der Waals surface area contributed by atoms with Crippen molar-refractivity contribution < 1.29 is 19.0 Å². The Balaban J connectivity index is 1.32. The number of nitrogens with zero attached hydrogens (tertiary/aromatic N) is 2. The summed E-state index contributed by atoms with van der Waals surface area (Å²) in [6.45, 7) is 5.11. The van der Waals surface area contributed by atoms with Gasteiger partial charge in [-0.15, -0.1) is 0 Å². The number of benzene rings is 2. The van der Waals surface area contributed by atoms with E-state index in [0.717, 1.165) is 5.56 Å². The molecular formula is C25H28N2O4. The van der Waals surface area contributed by atoms with E-state index in [2.05, 4.69) is 29.3 Å². The molecule has 3 heterocycles. The van der Waals surface area contributed by atoms with Crippen LogP contribution in [0.2, 0.25) is 0 Å². The Labute approximate surface area is 182 Å². The normalized spacial score (nSPS) is 35.9. The lowest BCUT2D eigenvalue weighted by atomic mass is 9.97. The average Bonchev–Trinajstić information content (AvgIpc) is 3.45. The largest absolute Gasteiger partial charge is 0.370 e. The van der Waals surface area contributed by atoms with Gasteiger partial charge in [0.2, 0.25) is 5.91 Å². The van der Waals surface area contributed by atoms with Gasteiger partial charge in [-0.1, -0.05) is 60.7 Å². The molecule has 1 amide bonds. The van der Waals surface area contributed by atoms with Crippen LogP contribution in [0, 0.1) is 5.92 Å². The summed E-state index contributed by atoms with van der Waals surface area (Å²) in [5.74, 6) is -0.321. The van der Waals surface area contributed by atoms with Gasteiger partial charge in [0.15, 0.2) is 5.79 Å². The van der Waals surface area contributed by atoms with Gasteiger partial charge in [0.05, 0.1) is 24.8 Å². The molecule has 6 rings (SSSR count). The van der Waals surface area contributed by atoms with Gasteiger partial charge in [-0.05, 0) is 25.0 Å². The molecule has 2 aromatic rings. The Morgan fingerprint density at radius 1 is 1.00 bits per heavy atom. The van der Waals surface area contributed by atoms with E-state index in [1.807, 2.05) is 55.3 Å². The molecule has 6 nitrogen and oxygen atoms in total. The maximum atomic E-state index is 12.9. The van der Waals surface area contributed by atoms with Crippen LogP contribution in [0.1, 0.15) is 37.4 Å². The Hall–Kier alpha value is -2.25. The van der Waals surface area contributed by atoms with Gasteiger partial charge in [0.1, 0.15) is 12.2 Å². The number of amides is 1. The maximum Gasteiger partial charge on any atom is 0.238 e. The molecule has 1 aliphatic carbocycles. The van der Waals surface area contributed by atoms with Gasteiger partial charge in [0.25, 0.3) is 0 Å². The van der Waals surface area contributed by atoms with Crippen LogP contribution in [-0.4, -0.2) is 52.6 Å². The quantitative estimate of drug-likeness (QED) is 0.760. The van der Waals surface area contributed by atoms with Crippen molar-refractivity contribution in [2.24, 2.45) is 5.92 Å². The van der Waals surface area contributed by atoms with Crippen molar-refractivity contribution in [3.05, 3.63) is 71.8 Å². The molecule has 0 unspecified atom stereocenters. The van der Waals surface area contributed by atoms with Crippen molar-refractivity contribution in [3.63, 3.8) is 0 Å². The van der Waals surface area contributed by atoms with Crippen molar-refractivity contribution in [1.29, 1.82) is 0 Å². The van der Waals surface area contributed by atoms with Crippen LogP contribution in [0.15, 0.2) is 60.7 Å². The molecule has 3 saturated heterocycles. The lowest BCUT2D eigenvalue weighted by Gasteiger charge is -2.33. The molecule has 162 valence electrons. The van der Waals surface area contributed by atoms with Gasteiger partial charge >= 0.3 is 0 Å². The van der Waals surface area contributed by atoms with E-state index in [9.17, 15) is 4.79 Å². The number of hydrogen-bond acceptors (Lipinski definition) is 5. The third-order valence-corrected chi connectivity index (χ3v) is 7.10. The van der Waals surface area contributed by atoms with E-state index >= 15 is 0 Å². The van der Waals surface area contributed by atoms with Crippen LogP contribution in [0.4, 0.5) is 0 Å². The molecule has 0 aromatic heterocycles. The SMILES string of the molecule is CC1(C)O[C@H]2[C@H](OCc3ccccc3)[C@@H]3CN4C(=O)C[C@@H](c5ccccc5)N4[C@@H]3[C@H]2O1. The predicted molar refractivity (Wildman–Crippen MR) is 113 cm³/mol. The van der Waals surface area contributed by atoms with Crippen molar-refractivity contribution >= 4 is 5.91 Å². The first-order valence-corrected chi connectivity index (χ1v) is 11.2. The van der Waals surface area contributed by atoms with Crippen molar-refractivity contribution in [2.75, 3.05) is 6.54 Å². The standard InChI is InChI=1S/C25H28N2O4/c1-25(2)30-23-21-18(22(24(23)31-25)29-15-16-9-5-3-6-10-16)14-26-20(28)13-19(27(21)26)17-11-7-4-8-12-17/h3-12,18-19,21-24H,13-15H2,1-2H3/t18-,19+,21+,22-,23-,24+/m1/s1. The number of hydrogen-bond donors (Lipinski definition) is 0. The summed E-state index contributed by atoms with van der Waals surface area (Å²) in [4.78, 5) is 12.9. The molecule has 6 atom stereocenters. The molecule has 0 bridgehead atoms. The Morgan fingerprint density at radius 3 is 2.42 bits per heavy atom. The third-order valence-electron chi connectivity index (χ3n) is 7.10. The Morgan fingerprint density at radius 2 is 1.68 bits per heavy atom. The molecular weight excluding hydrogens is 392 g/mol. The number of rotatable bonds is 4. The van der Waals surface area contributed by atoms with Crippen LogP contribution in [0.25, 0.3) is 0 Å². The zero-order chi connectivity index (χ0) is 21.2. The lowest BCUT2D eigenvalue weighted by Crippen LogP contribution is -2.45. The molecule has 31 heavy (non-hydrogen) atoms. The first-order chi connectivity index (χ1) is 15.0. The fourth-order valence-corrected chi connectivity index (χ4v) is 5.93. The maximum absolute atomic E-state index is 12.9. The summed E-state index contributed by atoms with van der Waals surface area (Å²) in [6, 6.07) is 20.6. The zero-order valence-corrected chi connectivity index (χ0v) is 17.9. The van der Waals surface area contributed by atoms with Crippen molar-refractivity contribution in [2.45, 2.75) is 63.1 Å². The monoisotopic (exact) mass is 420 g/mol. The molecule has 2 aromatic carbocycles. The van der Waals surface area contributed by atoms with E-state index in [-0.39, 0.29) is 42.2 Å². The van der Waals surface area contributed by atoms with Crippen LogP contribution >= 0.6 is 0 Å². The number of fused-ring (bicyclic) bond motifs is 5. The molecule has 0 spiro atoms. The second-order valence-corrected chi connectivity index (χ2v) is 9.47. The molecule has 4 fully saturated rings. The highest BCUT2D eigenvalue weighted by atomic mass is 16.8. The second kappa shape index (κ2) is 7.14.